The number of fused-ring (bicyclic) bond motifs is 1. The van der Waals surface area contributed by atoms with E-state index in [9.17, 15) is 9.59 Å². The Labute approximate surface area is 153 Å². The molecule has 1 aliphatic heterocycles. The van der Waals surface area contributed by atoms with E-state index in [2.05, 4.69) is 33.4 Å². The monoisotopic (exact) mass is 404 g/mol. The first kappa shape index (κ1) is 16.9. The summed E-state index contributed by atoms with van der Waals surface area (Å²) in [6.45, 7) is 1.34. The van der Waals surface area contributed by atoms with Crippen molar-refractivity contribution in [3.8, 4) is 0 Å². The number of thiophene rings is 1. The van der Waals surface area contributed by atoms with Gasteiger partial charge in [-0.15, -0.1) is 11.3 Å². The van der Waals surface area contributed by atoms with Crippen LogP contribution in [-0.4, -0.2) is 29.8 Å². The zero-order valence-electron chi connectivity index (χ0n) is 13.0. The molecule has 4 nitrogen and oxygen atoms in total. The van der Waals surface area contributed by atoms with Gasteiger partial charge < -0.3 is 10.2 Å². The molecule has 0 saturated heterocycles. The quantitative estimate of drug-likeness (QED) is 0.795. The molecule has 0 fully saturated rings. The summed E-state index contributed by atoms with van der Waals surface area (Å²) in [5.41, 5.74) is 3.45. The molecule has 0 aliphatic carbocycles. The second-order valence-corrected chi connectivity index (χ2v) is 7.86. The van der Waals surface area contributed by atoms with E-state index in [1.165, 1.54) is 17.2 Å². The number of benzene rings is 1. The molecule has 2 amide bonds. The van der Waals surface area contributed by atoms with Crippen molar-refractivity contribution >= 4 is 45.2 Å². The number of hydrogen-bond donors (Lipinski definition) is 1. The van der Waals surface area contributed by atoms with Gasteiger partial charge in [-0.2, -0.15) is 0 Å². The van der Waals surface area contributed by atoms with E-state index < -0.39 is 0 Å². The van der Waals surface area contributed by atoms with Crippen LogP contribution in [0.3, 0.4) is 0 Å². The smallest absolute Gasteiger partial charge is 0.244 e. The summed E-state index contributed by atoms with van der Waals surface area (Å²) in [4.78, 5) is 25.9. The van der Waals surface area contributed by atoms with Gasteiger partial charge in [-0.25, -0.2) is 0 Å². The average molecular weight is 405 g/mol. The van der Waals surface area contributed by atoms with Crippen LogP contribution in [0.1, 0.15) is 16.7 Å². The molecule has 24 heavy (non-hydrogen) atoms. The number of rotatable bonds is 4. The molecule has 1 aromatic carbocycles. The highest BCUT2D eigenvalue weighted by atomic mass is 79.9. The summed E-state index contributed by atoms with van der Waals surface area (Å²) < 4.78 is 1.02. The Morgan fingerprint density at radius 3 is 2.83 bits per heavy atom. The van der Waals surface area contributed by atoms with E-state index in [0.717, 1.165) is 15.8 Å². The largest absolute Gasteiger partial charge is 0.343 e. The Balaban J connectivity index is 1.49. The minimum absolute atomic E-state index is 0.0265. The lowest BCUT2D eigenvalue weighted by atomic mass is 10.00. The number of amides is 2. The summed E-state index contributed by atoms with van der Waals surface area (Å²) in [5.74, 6) is -0.312. The number of hydrogen-bond acceptors (Lipinski definition) is 3. The molecule has 124 valence electrons. The molecule has 0 saturated carbocycles. The third-order valence-electron chi connectivity index (χ3n) is 3.91. The predicted octanol–water partition coefficient (Wildman–Crippen LogP) is 3.22. The molecule has 0 unspecified atom stereocenters. The van der Waals surface area contributed by atoms with Gasteiger partial charge in [0.2, 0.25) is 11.8 Å². The molecular weight excluding hydrogens is 388 g/mol. The molecule has 2 aromatic rings. The highest BCUT2D eigenvalue weighted by Crippen LogP contribution is 2.21. The fourth-order valence-corrected chi connectivity index (χ4v) is 3.77. The number of carbonyl (C=O) groups is 2. The molecule has 2 heterocycles. The van der Waals surface area contributed by atoms with Crippen molar-refractivity contribution in [2.24, 2.45) is 0 Å². The van der Waals surface area contributed by atoms with Crippen molar-refractivity contribution in [1.29, 1.82) is 0 Å². The fourth-order valence-electron chi connectivity index (χ4n) is 2.62. The van der Waals surface area contributed by atoms with Crippen molar-refractivity contribution in [2.45, 2.75) is 13.0 Å². The Kier molecular flexibility index (Phi) is 5.48. The Morgan fingerprint density at radius 2 is 2.08 bits per heavy atom. The van der Waals surface area contributed by atoms with E-state index >= 15 is 0 Å². The summed E-state index contributed by atoms with van der Waals surface area (Å²) in [7, 11) is 0. The lowest BCUT2D eigenvalue weighted by Gasteiger charge is -2.28. The molecule has 0 radical (unpaired) electrons. The lowest BCUT2D eigenvalue weighted by molar-refractivity contribution is -0.132. The van der Waals surface area contributed by atoms with Crippen LogP contribution in [0.4, 0.5) is 0 Å². The van der Waals surface area contributed by atoms with Crippen molar-refractivity contribution in [1.82, 2.24) is 10.2 Å². The van der Waals surface area contributed by atoms with Crippen molar-refractivity contribution < 1.29 is 9.59 Å². The van der Waals surface area contributed by atoms with Gasteiger partial charge in [0, 0.05) is 19.2 Å². The maximum Gasteiger partial charge on any atom is 0.244 e. The zero-order chi connectivity index (χ0) is 16.9. The average Bonchev–Trinajstić information content (AvgIpc) is 3.02. The topological polar surface area (TPSA) is 49.4 Å². The molecule has 0 spiro atoms. The standard InChI is InChI=1S/C18H17BrN2O2S/c19-16-9-13(12-24-16)5-6-17(22)20-10-18(23)21-8-7-14-3-1-2-4-15(14)11-21/h1-6,9,12H,7-8,10-11H2,(H,20,22)/b6-5+. The second-order valence-electron chi connectivity index (χ2n) is 5.57. The van der Waals surface area contributed by atoms with E-state index in [0.29, 0.717) is 13.1 Å². The zero-order valence-corrected chi connectivity index (χ0v) is 15.4. The number of carbonyl (C=O) groups excluding carboxylic acids is 2. The Morgan fingerprint density at radius 1 is 1.29 bits per heavy atom. The highest BCUT2D eigenvalue weighted by molar-refractivity contribution is 9.11. The number of halogens is 1. The number of nitrogens with one attached hydrogen (secondary N) is 1. The molecule has 3 rings (SSSR count). The van der Waals surface area contributed by atoms with Gasteiger partial charge in [-0.1, -0.05) is 24.3 Å². The number of nitrogens with zero attached hydrogens (tertiary/aromatic N) is 1. The van der Waals surface area contributed by atoms with Crippen LogP contribution in [0.2, 0.25) is 0 Å². The summed E-state index contributed by atoms with van der Waals surface area (Å²) in [5, 5.41) is 4.60. The molecule has 1 aromatic heterocycles. The van der Waals surface area contributed by atoms with E-state index in [4.69, 9.17) is 0 Å². The summed E-state index contributed by atoms with van der Waals surface area (Å²) in [6.07, 6.45) is 4.05. The summed E-state index contributed by atoms with van der Waals surface area (Å²) in [6, 6.07) is 10.1. The second kappa shape index (κ2) is 7.77. The fraction of sp³-hybridized carbons (Fsp3) is 0.222. The van der Waals surface area contributed by atoms with Crippen LogP contribution in [0.15, 0.2) is 45.6 Å². The van der Waals surface area contributed by atoms with Crippen molar-refractivity contribution in [3.05, 3.63) is 62.3 Å². The maximum absolute atomic E-state index is 12.3. The Hall–Kier alpha value is -1.92. The van der Waals surface area contributed by atoms with Crippen LogP contribution in [-0.2, 0) is 22.6 Å². The molecule has 1 aliphatic rings. The first-order valence-corrected chi connectivity index (χ1v) is 9.33. The molecule has 0 atom stereocenters. The minimum atomic E-state index is -0.261. The Bertz CT molecular complexity index is 785. The van der Waals surface area contributed by atoms with Gasteiger partial charge in [0.05, 0.1) is 10.3 Å². The third-order valence-corrected chi connectivity index (χ3v) is 5.43. The van der Waals surface area contributed by atoms with Gasteiger partial charge in [0.25, 0.3) is 0 Å². The van der Waals surface area contributed by atoms with Gasteiger partial charge >= 0.3 is 0 Å². The normalized spacial score (nSPS) is 13.8. The van der Waals surface area contributed by atoms with Gasteiger partial charge in [0.15, 0.2) is 0 Å². The lowest BCUT2D eigenvalue weighted by Crippen LogP contribution is -2.42. The van der Waals surface area contributed by atoms with Crippen molar-refractivity contribution in [2.75, 3.05) is 13.1 Å². The van der Waals surface area contributed by atoms with Crippen LogP contribution in [0.5, 0.6) is 0 Å². The summed E-state index contributed by atoms with van der Waals surface area (Å²) >= 11 is 4.94. The molecule has 1 N–H and O–H groups in total. The van der Waals surface area contributed by atoms with E-state index in [-0.39, 0.29) is 18.4 Å². The SMILES string of the molecule is O=C(/C=C/c1csc(Br)c1)NCC(=O)N1CCc2ccccc2C1. The minimum Gasteiger partial charge on any atom is -0.343 e. The predicted molar refractivity (Wildman–Crippen MR) is 99.6 cm³/mol. The molecule has 0 bridgehead atoms. The van der Waals surface area contributed by atoms with Crippen LogP contribution in [0.25, 0.3) is 6.08 Å². The first-order valence-electron chi connectivity index (χ1n) is 7.66. The van der Waals surface area contributed by atoms with Gasteiger partial charge in [0.1, 0.15) is 0 Å². The van der Waals surface area contributed by atoms with Gasteiger partial charge in [-0.05, 0) is 56.6 Å². The third kappa shape index (κ3) is 4.33. The van der Waals surface area contributed by atoms with E-state index in [1.54, 1.807) is 22.3 Å². The van der Waals surface area contributed by atoms with Gasteiger partial charge in [-0.3, -0.25) is 9.59 Å². The molecule has 6 heteroatoms. The first-order chi connectivity index (χ1) is 11.6. The molecular formula is C18H17BrN2O2S. The van der Waals surface area contributed by atoms with Crippen molar-refractivity contribution in [3.63, 3.8) is 0 Å². The highest BCUT2D eigenvalue weighted by Gasteiger charge is 2.20. The van der Waals surface area contributed by atoms with Crippen LogP contribution >= 0.6 is 27.3 Å². The van der Waals surface area contributed by atoms with E-state index in [1.807, 2.05) is 23.6 Å². The maximum atomic E-state index is 12.3. The van der Waals surface area contributed by atoms with Crippen LogP contribution < -0.4 is 5.32 Å². The van der Waals surface area contributed by atoms with Crippen LogP contribution in [0, 0.1) is 0 Å².